The third kappa shape index (κ3) is 2.23. The summed E-state index contributed by atoms with van der Waals surface area (Å²) in [5.41, 5.74) is 5.91. The van der Waals surface area contributed by atoms with E-state index < -0.39 is 10.5 Å². The fourth-order valence-corrected chi connectivity index (χ4v) is 2.29. The van der Waals surface area contributed by atoms with E-state index in [2.05, 4.69) is 10.1 Å². The number of ether oxygens (including phenoxy) is 1. The van der Waals surface area contributed by atoms with Crippen molar-refractivity contribution in [2.75, 3.05) is 7.11 Å². The predicted molar refractivity (Wildman–Crippen MR) is 72.7 cm³/mol. The molecule has 0 radical (unpaired) electrons. The van der Waals surface area contributed by atoms with E-state index in [9.17, 15) is 10.1 Å². The number of benzene rings is 1. The summed E-state index contributed by atoms with van der Waals surface area (Å²) in [5, 5.41) is 14.9. The van der Waals surface area contributed by atoms with Crippen molar-refractivity contribution in [3.63, 3.8) is 0 Å². The van der Waals surface area contributed by atoms with Crippen molar-refractivity contribution in [1.29, 1.82) is 0 Å². The van der Waals surface area contributed by atoms with Crippen LogP contribution < -0.4 is 10.5 Å². The van der Waals surface area contributed by atoms with Crippen molar-refractivity contribution in [2.45, 2.75) is 24.8 Å². The van der Waals surface area contributed by atoms with Crippen molar-refractivity contribution in [2.24, 2.45) is 5.73 Å². The molecule has 1 aromatic carbocycles. The number of aromatic nitrogens is 2. The molecule has 0 atom stereocenters. The highest BCUT2D eigenvalue weighted by Crippen LogP contribution is 2.38. The summed E-state index contributed by atoms with van der Waals surface area (Å²) >= 11 is 0. The van der Waals surface area contributed by atoms with E-state index in [0.717, 1.165) is 19.3 Å². The predicted octanol–water partition coefficient (Wildman–Crippen LogP) is 1.99. The van der Waals surface area contributed by atoms with E-state index in [4.69, 9.17) is 15.0 Å². The van der Waals surface area contributed by atoms with Gasteiger partial charge in [0.1, 0.15) is 0 Å². The molecule has 1 heterocycles. The molecule has 1 aromatic heterocycles. The topological polar surface area (TPSA) is 117 Å². The first-order valence-corrected chi connectivity index (χ1v) is 6.49. The average Bonchev–Trinajstić information content (AvgIpc) is 2.94. The number of nitrogens with zero attached hydrogens (tertiary/aromatic N) is 3. The molecule has 1 aliphatic rings. The largest absolute Gasteiger partial charge is 0.490 e. The number of nitro benzene ring substituents is 1. The molecule has 0 bridgehead atoms. The van der Waals surface area contributed by atoms with Gasteiger partial charge in [-0.15, -0.1) is 0 Å². The first kappa shape index (κ1) is 13.5. The Labute approximate surface area is 120 Å². The lowest BCUT2D eigenvalue weighted by atomic mass is 9.77. The summed E-state index contributed by atoms with van der Waals surface area (Å²) in [4.78, 5) is 14.8. The zero-order valence-electron chi connectivity index (χ0n) is 11.4. The highest BCUT2D eigenvalue weighted by molar-refractivity contribution is 5.62. The van der Waals surface area contributed by atoms with Crippen LogP contribution in [0.15, 0.2) is 22.7 Å². The van der Waals surface area contributed by atoms with Gasteiger partial charge in [0.25, 0.3) is 5.89 Å². The molecule has 1 saturated carbocycles. The van der Waals surface area contributed by atoms with Crippen molar-refractivity contribution < 1.29 is 14.2 Å². The fraction of sp³-hybridized carbons (Fsp3) is 0.385. The maximum absolute atomic E-state index is 11.0. The minimum Gasteiger partial charge on any atom is -0.490 e. The number of hydrogen-bond acceptors (Lipinski definition) is 7. The number of nitrogens with two attached hydrogens (primary N) is 1. The van der Waals surface area contributed by atoms with Gasteiger partial charge in [0, 0.05) is 11.6 Å². The van der Waals surface area contributed by atoms with Gasteiger partial charge in [-0.3, -0.25) is 10.1 Å². The molecule has 0 unspecified atom stereocenters. The fourth-order valence-electron chi connectivity index (χ4n) is 2.29. The third-order valence-corrected chi connectivity index (χ3v) is 3.74. The quantitative estimate of drug-likeness (QED) is 0.675. The van der Waals surface area contributed by atoms with Crippen LogP contribution >= 0.6 is 0 Å². The van der Waals surface area contributed by atoms with Crippen LogP contribution in [0.2, 0.25) is 0 Å². The van der Waals surface area contributed by atoms with Gasteiger partial charge in [0.2, 0.25) is 0 Å². The number of rotatable bonds is 4. The van der Waals surface area contributed by atoms with Gasteiger partial charge in [-0.1, -0.05) is 5.16 Å². The molecule has 1 aliphatic carbocycles. The Morgan fingerprint density at radius 2 is 2.24 bits per heavy atom. The molecule has 8 nitrogen and oxygen atoms in total. The summed E-state index contributed by atoms with van der Waals surface area (Å²) in [6.45, 7) is 0. The Bertz CT molecular complexity index is 693. The van der Waals surface area contributed by atoms with Crippen LogP contribution in [-0.2, 0) is 5.54 Å². The zero-order valence-corrected chi connectivity index (χ0v) is 11.4. The van der Waals surface area contributed by atoms with E-state index in [0.29, 0.717) is 11.4 Å². The summed E-state index contributed by atoms with van der Waals surface area (Å²) < 4.78 is 10.1. The van der Waals surface area contributed by atoms with Gasteiger partial charge in [-0.05, 0) is 31.4 Å². The minimum atomic E-state index is -0.528. The van der Waals surface area contributed by atoms with Crippen molar-refractivity contribution in [1.82, 2.24) is 10.1 Å². The van der Waals surface area contributed by atoms with Crippen LogP contribution in [0.1, 0.15) is 25.1 Å². The first-order chi connectivity index (χ1) is 10.0. The molecule has 0 aliphatic heterocycles. The van der Waals surface area contributed by atoms with Gasteiger partial charge in [0.05, 0.1) is 17.6 Å². The molecule has 1 fully saturated rings. The van der Waals surface area contributed by atoms with Crippen LogP contribution in [0.5, 0.6) is 5.75 Å². The van der Waals surface area contributed by atoms with Crippen LogP contribution in [0.4, 0.5) is 5.69 Å². The normalized spacial score (nSPS) is 16.3. The van der Waals surface area contributed by atoms with Crippen molar-refractivity contribution >= 4 is 5.69 Å². The number of methoxy groups -OCH3 is 1. The summed E-state index contributed by atoms with van der Waals surface area (Å²) in [6, 6.07) is 4.48. The van der Waals surface area contributed by atoms with Crippen LogP contribution in [0.3, 0.4) is 0 Å². The second-order valence-electron chi connectivity index (χ2n) is 5.08. The molecule has 0 saturated heterocycles. The second kappa shape index (κ2) is 4.81. The summed E-state index contributed by atoms with van der Waals surface area (Å²) in [6.07, 6.45) is 2.66. The molecule has 2 aromatic rings. The molecule has 8 heteroatoms. The monoisotopic (exact) mass is 290 g/mol. The average molecular weight is 290 g/mol. The maximum Gasteiger partial charge on any atom is 0.311 e. The standard InChI is InChI=1S/C13H14N4O4/c1-20-10-4-3-8(7-9(10)17(18)19)11-15-12(16-21-11)13(14)5-2-6-13/h3-4,7H,2,5-6,14H2,1H3. The van der Waals surface area contributed by atoms with Gasteiger partial charge in [0.15, 0.2) is 11.6 Å². The van der Waals surface area contributed by atoms with Gasteiger partial charge >= 0.3 is 5.69 Å². The Morgan fingerprint density at radius 1 is 1.48 bits per heavy atom. The lowest BCUT2D eigenvalue weighted by molar-refractivity contribution is -0.385. The molecular formula is C13H14N4O4. The highest BCUT2D eigenvalue weighted by Gasteiger charge is 2.39. The lowest BCUT2D eigenvalue weighted by Crippen LogP contribution is -2.44. The lowest BCUT2D eigenvalue weighted by Gasteiger charge is -2.34. The molecule has 2 N–H and O–H groups in total. The zero-order chi connectivity index (χ0) is 15.0. The van der Waals surface area contributed by atoms with E-state index in [1.165, 1.54) is 19.2 Å². The highest BCUT2D eigenvalue weighted by atomic mass is 16.6. The molecule has 0 amide bonds. The van der Waals surface area contributed by atoms with Gasteiger partial charge in [-0.25, -0.2) is 0 Å². The van der Waals surface area contributed by atoms with Crippen molar-refractivity contribution in [3.05, 3.63) is 34.1 Å². The Hall–Kier alpha value is -2.48. The summed E-state index contributed by atoms with van der Waals surface area (Å²) in [7, 11) is 1.38. The van der Waals surface area contributed by atoms with E-state index in [1.807, 2.05) is 0 Å². The van der Waals surface area contributed by atoms with Crippen LogP contribution in [0.25, 0.3) is 11.5 Å². The van der Waals surface area contributed by atoms with E-state index >= 15 is 0 Å². The maximum atomic E-state index is 11.0. The van der Waals surface area contributed by atoms with Gasteiger partial charge in [-0.2, -0.15) is 4.98 Å². The van der Waals surface area contributed by atoms with Crippen LogP contribution in [-0.4, -0.2) is 22.2 Å². The van der Waals surface area contributed by atoms with E-state index in [-0.39, 0.29) is 17.3 Å². The number of hydrogen-bond donors (Lipinski definition) is 1. The van der Waals surface area contributed by atoms with Crippen LogP contribution in [0, 0.1) is 10.1 Å². The molecule has 21 heavy (non-hydrogen) atoms. The van der Waals surface area contributed by atoms with Gasteiger partial charge < -0.3 is 15.0 Å². The molecule has 0 spiro atoms. The SMILES string of the molecule is COc1ccc(-c2nc(C3(N)CCC3)no2)cc1[N+](=O)[O-]. The second-order valence-corrected chi connectivity index (χ2v) is 5.08. The first-order valence-electron chi connectivity index (χ1n) is 6.49. The Balaban J connectivity index is 1.97. The smallest absolute Gasteiger partial charge is 0.311 e. The Kier molecular flexibility index (Phi) is 3.09. The minimum absolute atomic E-state index is 0.152. The molecule has 110 valence electrons. The summed E-state index contributed by atoms with van der Waals surface area (Å²) in [5.74, 6) is 0.840. The Morgan fingerprint density at radius 3 is 2.81 bits per heavy atom. The number of nitro groups is 1. The molecular weight excluding hydrogens is 276 g/mol. The molecule has 3 rings (SSSR count). The van der Waals surface area contributed by atoms with Crippen molar-refractivity contribution in [3.8, 4) is 17.2 Å². The third-order valence-electron chi connectivity index (χ3n) is 3.74. The van der Waals surface area contributed by atoms with E-state index in [1.54, 1.807) is 6.07 Å².